The molecular weight excluding hydrogens is 298 g/mol. The predicted octanol–water partition coefficient (Wildman–Crippen LogP) is 5.30. The zero-order valence-electron chi connectivity index (χ0n) is 15.9. The molecule has 0 fully saturated rings. The Hall–Kier alpha value is -1.09. The van der Waals surface area contributed by atoms with E-state index in [4.69, 9.17) is 5.11 Å². The number of allylic oxidation sites excluding steroid dienone is 4. The quantitative estimate of drug-likeness (QED) is 0.297. The molecule has 2 N–H and O–H groups in total. The van der Waals surface area contributed by atoms with E-state index in [1.165, 1.54) is 51.4 Å². The van der Waals surface area contributed by atoms with Gasteiger partial charge in [-0.15, -0.1) is 0 Å². The van der Waals surface area contributed by atoms with E-state index in [9.17, 15) is 4.79 Å². The van der Waals surface area contributed by atoms with Crippen LogP contribution in [0, 0.1) is 0 Å². The summed E-state index contributed by atoms with van der Waals surface area (Å²) >= 11 is 0. The molecule has 140 valence electrons. The molecular formula is C21H39NO2. The first-order chi connectivity index (χ1) is 11.7. The Bertz CT molecular complexity index is 335. The summed E-state index contributed by atoms with van der Waals surface area (Å²) in [5, 5.41) is 11.8. The van der Waals surface area contributed by atoms with Crippen molar-refractivity contribution in [2.45, 2.75) is 97.0 Å². The third kappa shape index (κ3) is 19.0. The molecule has 1 amide bonds. The Morgan fingerprint density at radius 2 is 1.50 bits per heavy atom. The van der Waals surface area contributed by atoms with Crippen molar-refractivity contribution in [2.24, 2.45) is 0 Å². The normalized spacial score (nSPS) is 13.0. The van der Waals surface area contributed by atoms with Crippen LogP contribution in [-0.2, 0) is 4.79 Å². The van der Waals surface area contributed by atoms with Crippen LogP contribution in [0.15, 0.2) is 24.3 Å². The van der Waals surface area contributed by atoms with Gasteiger partial charge in [0.25, 0.3) is 0 Å². The average molecular weight is 338 g/mol. The van der Waals surface area contributed by atoms with Crippen molar-refractivity contribution < 1.29 is 9.90 Å². The van der Waals surface area contributed by atoms with Crippen LogP contribution >= 0.6 is 0 Å². The summed E-state index contributed by atoms with van der Waals surface area (Å²) in [6, 6.07) is 0. The fraction of sp³-hybridized carbons (Fsp3) is 0.762. The fourth-order valence-electron chi connectivity index (χ4n) is 2.45. The lowest BCUT2D eigenvalue weighted by Crippen LogP contribution is -2.30. The van der Waals surface area contributed by atoms with Crippen molar-refractivity contribution in [1.82, 2.24) is 5.32 Å². The highest BCUT2D eigenvalue weighted by Crippen LogP contribution is 2.08. The molecule has 0 rings (SSSR count). The van der Waals surface area contributed by atoms with Crippen molar-refractivity contribution >= 4 is 5.91 Å². The van der Waals surface area contributed by atoms with Gasteiger partial charge in [-0.2, -0.15) is 0 Å². The summed E-state index contributed by atoms with van der Waals surface area (Å²) in [6.07, 6.45) is 22.4. The standard InChI is InChI=1S/C21H39NO2/c1-3-4-5-6-7-8-9-10-11-12-13-14-15-16-17-18-21(24)22-19-20(2)23/h7-8,10-11,20,23H,3-6,9,12-19H2,1-2H3,(H,22,24)/b8-7-,11-10-/t20-/m0/s1. The Kier molecular flexibility index (Phi) is 17.4. The molecule has 0 saturated heterocycles. The zero-order valence-corrected chi connectivity index (χ0v) is 15.9. The maximum Gasteiger partial charge on any atom is 0.220 e. The largest absolute Gasteiger partial charge is 0.392 e. The van der Waals surface area contributed by atoms with Crippen LogP contribution in [0.4, 0.5) is 0 Å². The molecule has 3 heteroatoms. The van der Waals surface area contributed by atoms with E-state index < -0.39 is 6.10 Å². The highest BCUT2D eigenvalue weighted by Gasteiger charge is 2.02. The van der Waals surface area contributed by atoms with Crippen LogP contribution < -0.4 is 5.32 Å². The molecule has 0 unspecified atom stereocenters. The van der Waals surface area contributed by atoms with Gasteiger partial charge >= 0.3 is 0 Å². The second-order valence-corrected chi connectivity index (χ2v) is 6.63. The van der Waals surface area contributed by atoms with Gasteiger partial charge in [-0.05, 0) is 45.4 Å². The number of unbranched alkanes of at least 4 members (excludes halogenated alkanes) is 8. The van der Waals surface area contributed by atoms with Crippen LogP contribution in [0.1, 0.15) is 90.9 Å². The minimum Gasteiger partial charge on any atom is -0.392 e. The van der Waals surface area contributed by atoms with Gasteiger partial charge < -0.3 is 10.4 Å². The first-order valence-electron chi connectivity index (χ1n) is 9.91. The molecule has 24 heavy (non-hydrogen) atoms. The van der Waals surface area contributed by atoms with Gasteiger partial charge in [0, 0.05) is 13.0 Å². The molecule has 0 bridgehead atoms. The van der Waals surface area contributed by atoms with E-state index in [2.05, 4.69) is 36.5 Å². The van der Waals surface area contributed by atoms with E-state index in [1.54, 1.807) is 6.92 Å². The monoisotopic (exact) mass is 337 g/mol. The van der Waals surface area contributed by atoms with Crippen LogP contribution in [0.5, 0.6) is 0 Å². The molecule has 0 aromatic carbocycles. The maximum atomic E-state index is 11.4. The van der Waals surface area contributed by atoms with Crippen molar-refractivity contribution in [2.75, 3.05) is 6.54 Å². The van der Waals surface area contributed by atoms with E-state index in [0.29, 0.717) is 13.0 Å². The van der Waals surface area contributed by atoms with Gasteiger partial charge in [0.2, 0.25) is 5.91 Å². The summed E-state index contributed by atoms with van der Waals surface area (Å²) in [4.78, 5) is 11.4. The van der Waals surface area contributed by atoms with Gasteiger partial charge in [0.15, 0.2) is 0 Å². The number of carbonyl (C=O) groups is 1. The molecule has 1 atom stereocenters. The third-order valence-corrected chi connectivity index (χ3v) is 3.95. The average Bonchev–Trinajstić information content (AvgIpc) is 2.56. The minimum atomic E-state index is -0.460. The Morgan fingerprint density at radius 1 is 0.917 bits per heavy atom. The lowest BCUT2D eigenvalue weighted by Gasteiger charge is -2.06. The summed E-state index contributed by atoms with van der Waals surface area (Å²) < 4.78 is 0. The number of nitrogens with one attached hydrogen (secondary N) is 1. The van der Waals surface area contributed by atoms with Gasteiger partial charge in [0.1, 0.15) is 0 Å². The maximum absolute atomic E-state index is 11.4. The molecule has 0 aliphatic heterocycles. The van der Waals surface area contributed by atoms with E-state index >= 15 is 0 Å². The first kappa shape index (κ1) is 22.9. The summed E-state index contributed by atoms with van der Waals surface area (Å²) in [6.45, 7) is 4.28. The third-order valence-electron chi connectivity index (χ3n) is 3.95. The van der Waals surface area contributed by atoms with Crippen LogP contribution in [0.25, 0.3) is 0 Å². The van der Waals surface area contributed by atoms with Crippen molar-refractivity contribution in [1.29, 1.82) is 0 Å². The van der Waals surface area contributed by atoms with E-state index in [-0.39, 0.29) is 5.91 Å². The van der Waals surface area contributed by atoms with Crippen molar-refractivity contribution in [3.05, 3.63) is 24.3 Å². The van der Waals surface area contributed by atoms with Gasteiger partial charge in [-0.1, -0.05) is 63.3 Å². The van der Waals surface area contributed by atoms with Gasteiger partial charge in [-0.3, -0.25) is 4.79 Å². The molecule has 0 aromatic rings. The number of hydrogen-bond donors (Lipinski definition) is 2. The number of hydrogen-bond acceptors (Lipinski definition) is 2. The zero-order chi connectivity index (χ0) is 17.9. The predicted molar refractivity (Wildman–Crippen MR) is 104 cm³/mol. The highest BCUT2D eigenvalue weighted by molar-refractivity contribution is 5.75. The topological polar surface area (TPSA) is 49.3 Å². The molecule has 3 nitrogen and oxygen atoms in total. The van der Waals surface area contributed by atoms with Crippen LogP contribution in [0.3, 0.4) is 0 Å². The van der Waals surface area contributed by atoms with Crippen molar-refractivity contribution in [3.8, 4) is 0 Å². The molecule has 0 heterocycles. The summed E-state index contributed by atoms with van der Waals surface area (Å²) in [5.74, 6) is 0.0570. The van der Waals surface area contributed by atoms with Crippen molar-refractivity contribution in [3.63, 3.8) is 0 Å². The lowest BCUT2D eigenvalue weighted by molar-refractivity contribution is -0.121. The number of rotatable bonds is 16. The van der Waals surface area contributed by atoms with Crippen LogP contribution in [-0.4, -0.2) is 23.7 Å². The minimum absolute atomic E-state index is 0.0570. The molecule has 0 radical (unpaired) electrons. The van der Waals surface area contributed by atoms with E-state index in [0.717, 1.165) is 19.3 Å². The Balaban J connectivity index is 3.27. The van der Waals surface area contributed by atoms with Gasteiger partial charge in [0.05, 0.1) is 6.10 Å². The summed E-state index contributed by atoms with van der Waals surface area (Å²) in [5.41, 5.74) is 0. The smallest absolute Gasteiger partial charge is 0.220 e. The molecule has 0 aliphatic rings. The molecule has 0 saturated carbocycles. The fourth-order valence-corrected chi connectivity index (χ4v) is 2.45. The SMILES string of the molecule is CCCCC/C=C\C/C=C\CCCCCCCC(=O)NC[C@H](C)O. The second kappa shape index (κ2) is 18.3. The number of aliphatic hydroxyl groups excluding tert-OH is 1. The molecule has 0 spiro atoms. The Labute approximate surface area is 149 Å². The van der Waals surface area contributed by atoms with E-state index in [1.807, 2.05) is 0 Å². The first-order valence-corrected chi connectivity index (χ1v) is 9.91. The second-order valence-electron chi connectivity index (χ2n) is 6.63. The molecule has 0 aromatic heterocycles. The van der Waals surface area contributed by atoms with Crippen LogP contribution in [0.2, 0.25) is 0 Å². The number of carbonyl (C=O) groups excluding carboxylic acids is 1. The van der Waals surface area contributed by atoms with Gasteiger partial charge in [-0.25, -0.2) is 0 Å². The molecule has 0 aliphatic carbocycles. The highest BCUT2D eigenvalue weighted by atomic mass is 16.3. The number of aliphatic hydroxyl groups is 1. The Morgan fingerprint density at radius 3 is 2.12 bits per heavy atom. The summed E-state index contributed by atoms with van der Waals surface area (Å²) in [7, 11) is 0. The number of amides is 1. The lowest BCUT2D eigenvalue weighted by atomic mass is 10.1.